The molecule has 10 aromatic rings. The summed E-state index contributed by atoms with van der Waals surface area (Å²) in [5.74, 6) is 7.15. The molecular weight excluding hydrogens is 1430 g/mol. The molecule has 7 N–H and O–H groups in total. The number of nitrogens with zero attached hydrogens (tertiary/aromatic N) is 12. The predicted octanol–water partition coefficient (Wildman–Crippen LogP) is 13.2. The Hall–Kier alpha value is -11.6. The minimum absolute atomic E-state index is 0.0344. The van der Waals surface area contributed by atoms with Gasteiger partial charge in [0.15, 0.2) is 34.6 Å². The first-order chi connectivity index (χ1) is 52.7. The van der Waals surface area contributed by atoms with E-state index >= 15 is 0 Å². The molecule has 13 rings (SSSR count). The Kier molecular flexibility index (Phi) is 26.9. The van der Waals surface area contributed by atoms with Crippen LogP contribution in [0.1, 0.15) is 101 Å². The Balaban J connectivity index is 0.000000161. The molecule has 6 aromatic carbocycles. The number of ether oxygens (including phenoxy) is 7. The van der Waals surface area contributed by atoms with Crippen LogP contribution in [0.3, 0.4) is 0 Å². The maximum atomic E-state index is 14.7. The second kappa shape index (κ2) is 36.5. The monoisotopic (exact) mass is 1520 g/mol. The van der Waals surface area contributed by atoms with Crippen molar-refractivity contribution in [3.8, 4) is 34.5 Å². The summed E-state index contributed by atoms with van der Waals surface area (Å²) in [7, 11) is 9.40. The fraction of sp³-hybridized carbons (Fsp3) is 0.403. The van der Waals surface area contributed by atoms with Gasteiger partial charge in [0.25, 0.3) is 0 Å². The Labute approximate surface area is 631 Å². The minimum Gasteiger partial charge on any atom is -0.497 e. The van der Waals surface area contributed by atoms with Crippen LogP contribution in [0.5, 0.6) is 34.5 Å². The Morgan fingerprint density at radius 3 is 1.48 bits per heavy atom. The highest BCUT2D eigenvalue weighted by Crippen LogP contribution is 2.36. The van der Waals surface area contributed by atoms with Gasteiger partial charge in [-0.15, -0.1) is 10.2 Å². The van der Waals surface area contributed by atoms with Crippen LogP contribution in [0.4, 0.5) is 54.4 Å². The molecule has 4 aromatic heterocycles. The highest BCUT2D eigenvalue weighted by molar-refractivity contribution is 5.94. The molecule has 3 aliphatic rings. The lowest BCUT2D eigenvalue weighted by Gasteiger charge is -2.36. The molecule has 3 fully saturated rings. The molecule has 0 bridgehead atoms. The van der Waals surface area contributed by atoms with Crippen molar-refractivity contribution in [2.24, 2.45) is 39.5 Å². The number of aliphatic imine (C=N–C) groups is 2. The lowest BCUT2D eigenvalue weighted by Crippen LogP contribution is -2.50. The number of methoxy groups -OCH3 is 6. The highest BCUT2D eigenvalue weighted by Gasteiger charge is 2.35. The van der Waals surface area contributed by atoms with Crippen molar-refractivity contribution in [1.82, 2.24) is 60.1 Å². The average molecular weight is 1520 g/mol. The number of hydrogen-bond acceptors (Lipinski definition) is 22. The molecule has 6 atom stereocenters. The first-order valence-corrected chi connectivity index (χ1v) is 35.3. The summed E-state index contributed by atoms with van der Waals surface area (Å²) in [6.07, 6.45) is 2.24. The number of nitrogens with one attached hydrogen (secondary N) is 5. The van der Waals surface area contributed by atoms with Crippen LogP contribution in [0.2, 0.25) is 0 Å². The van der Waals surface area contributed by atoms with Gasteiger partial charge < -0.3 is 59.3 Å². The van der Waals surface area contributed by atoms with E-state index in [0.29, 0.717) is 113 Å². The molecule has 3 aliphatic heterocycles. The van der Waals surface area contributed by atoms with E-state index in [9.17, 15) is 35.9 Å². The number of hydrogen-bond donors (Lipinski definition) is 6. The summed E-state index contributed by atoms with van der Waals surface area (Å²) in [5.41, 5.74) is 4.34. The molecular formula is C77H88F6N18O9. The van der Waals surface area contributed by atoms with Crippen LogP contribution >= 0.6 is 0 Å². The van der Waals surface area contributed by atoms with Crippen molar-refractivity contribution >= 4 is 74.4 Å². The van der Waals surface area contributed by atoms with Gasteiger partial charge in [-0.2, -0.15) is 14.0 Å². The number of hydrazine groups is 1. The van der Waals surface area contributed by atoms with Gasteiger partial charge in [-0.25, -0.2) is 66.8 Å². The van der Waals surface area contributed by atoms with E-state index in [1.54, 1.807) is 70.8 Å². The van der Waals surface area contributed by atoms with Crippen LogP contribution in [-0.4, -0.2) is 150 Å². The summed E-state index contributed by atoms with van der Waals surface area (Å²) >= 11 is 0. The summed E-state index contributed by atoms with van der Waals surface area (Å²) < 4.78 is 124. The van der Waals surface area contributed by atoms with Gasteiger partial charge in [-0.3, -0.25) is 10.2 Å². The lowest BCUT2D eigenvalue weighted by molar-refractivity contribution is -0.127. The van der Waals surface area contributed by atoms with Gasteiger partial charge in [-0.1, -0.05) is 20.8 Å². The van der Waals surface area contributed by atoms with Crippen molar-refractivity contribution in [2.75, 3.05) is 92.6 Å². The molecule has 0 spiro atoms. The van der Waals surface area contributed by atoms with Crippen molar-refractivity contribution in [3.63, 3.8) is 0 Å². The molecule has 6 unspecified atom stereocenters. The lowest BCUT2D eigenvalue weighted by atomic mass is 9.90. The quantitative estimate of drug-likeness (QED) is 0.0116. The van der Waals surface area contributed by atoms with E-state index in [2.05, 4.69) is 71.3 Å². The molecule has 33 heteroatoms. The number of rotatable bonds is 18. The van der Waals surface area contributed by atoms with E-state index in [1.807, 2.05) is 52.0 Å². The fourth-order valence-corrected chi connectivity index (χ4v) is 13.0. The number of fused-ring (bicyclic) bond motifs is 6. The number of benzene rings is 6. The number of likely N-dealkylation sites (tertiary alicyclic amines) is 1. The van der Waals surface area contributed by atoms with E-state index in [0.717, 1.165) is 80.3 Å². The number of halogens is 6. The normalized spacial score (nSPS) is 17.5. The highest BCUT2D eigenvalue weighted by atomic mass is 19.2. The Morgan fingerprint density at radius 2 is 1.05 bits per heavy atom. The number of aromatic nitrogens is 8. The SMILES string of the molecule is CC1CC(C(=O)NN)CN(C(=O)OC(C)(C)C)C1.COc1ccc(CNc2nc3c(F)cc(F)cc3c3nc(C4CNCC(C)C4)nn23)c(OC)c1.COc1ccc(CNc2nc3c(F)cc(F)cc3c3nc(C4CNCC(C)C4)nn23)c(OC)c1.[C-]#[N+]c1cc(F)cc(F)c1N=C=NCc1ccc(OC)cc1OC. The zero-order valence-electron chi connectivity index (χ0n) is 63.0. The number of nitrogens with two attached hydrogens (primary N) is 1. The van der Waals surface area contributed by atoms with Gasteiger partial charge in [-0.05, 0) is 125 Å². The zero-order chi connectivity index (χ0) is 79.1. The largest absolute Gasteiger partial charge is 0.497 e. The molecule has 27 nitrogen and oxygen atoms in total. The Bertz CT molecular complexity index is 4860. The summed E-state index contributed by atoms with van der Waals surface area (Å²) in [4.78, 5) is 54.1. The average Bonchev–Trinajstić information content (AvgIpc) is 1.57. The molecule has 582 valence electrons. The smallest absolute Gasteiger partial charge is 0.410 e. The third-order valence-electron chi connectivity index (χ3n) is 18.3. The van der Waals surface area contributed by atoms with Crippen LogP contribution in [0.15, 0.2) is 101 Å². The van der Waals surface area contributed by atoms with Crippen LogP contribution < -0.4 is 61.0 Å². The molecule has 110 heavy (non-hydrogen) atoms. The van der Waals surface area contributed by atoms with E-state index in [4.69, 9.17) is 65.7 Å². The summed E-state index contributed by atoms with van der Waals surface area (Å²) in [6, 6.07) is 24.2. The van der Waals surface area contributed by atoms with Gasteiger partial charge in [0.2, 0.25) is 23.5 Å². The second-order valence-electron chi connectivity index (χ2n) is 27.8. The standard InChI is InChI=1S/2C24H26F2N6O2.C17H13F2N3O2.C12H23N3O3/c2*1-13-6-15(11-27-10-13)22-30-23-18-7-16(25)8-19(26)21(18)29-24(32(23)31-22)28-12-14-4-5-17(33-2)9-20(14)34-3;1-20-15-7-12(18)6-14(19)17(15)22-10-21-9-11-4-5-13(23-2)8-16(11)24-3;1-8-5-9(10(16)14-13)7-15(6-8)11(17)18-12(2,3)4/h2*4-5,7-9,13,15,27H,6,10-12H2,1-3H3,(H,28,29);4-8H,9H2,2-3H3;8-9H,5-7,13H2,1-4H3,(H,14,16). The predicted molar refractivity (Wildman–Crippen MR) is 402 cm³/mol. The topological polar surface area (TPSA) is 303 Å². The summed E-state index contributed by atoms with van der Waals surface area (Å²) in [5, 5.41) is 23.2. The third-order valence-corrected chi connectivity index (χ3v) is 18.3. The maximum absolute atomic E-state index is 14.7. The van der Waals surface area contributed by atoms with Gasteiger partial charge in [0, 0.05) is 104 Å². The number of carbonyl (C=O) groups excluding carboxylic acids is 2. The number of piperidine rings is 3. The zero-order valence-corrected chi connectivity index (χ0v) is 63.0. The maximum Gasteiger partial charge on any atom is 0.410 e. The van der Waals surface area contributed by atoms with Crippen LogP contribution in [0, 0.1) is 65.1 Å². The number of amides is 2. The molecule has 0 aliphatic carbocycles. The van der Waals surface area contributed by atoms with Gasteiger partial charge >= 0.3 is 6.09 Å². The van der Waals surface area contributed by atoms with E-state index < -0.39 is 40.5 Å². The second-order valence-corrected chi connectivity index (χ2v) is 27.8. The van der Waals surface area contributed by atoms with Crippen molar-refractivity contribution < 1.29 is 69.1 Å². The third kappa shape index (κ3) is 20.0. The molecule has 0 radical (unpaired) electrons. The van der Waals surface area contributed by atoms with E-state index in [-0.39, 0.29) is 75.4 Å². The Morgan fingerprint density at radius 1 is 0.591 bits per heavy atom. The van der Waals surface area contributed by atoms with Crippen molar-refractivity contribution in [3.05, 3.63) is 166 Å². The molecule has 7 heterocycles. The number of carbonyl (C=O) groups is 2. The first-order valence-electron chi connectivity index (χ1n) is 35.3. The molecule has 2 amide bonds. The van der Waals surface area contributed by atoms with Gasteiger partial charge in [0.05, 0.1) is 78.5 Å². The van der Waals surface area contributed by atoms with Crippen molar-refractivity contribution in [2.45, 2.75) is 97.9 Å². The number of anilines is 2. The van der Waals surface area contributed by atoms with Crippen molar-refractivity contribution in [1.29, 1.82) is 0 Å². The van der Waals surface area contributed by atoms with Crippen LogP contribution in [-0.2, 0) is 29.2 Å². The van der Waals surface area contributed by atoms with E-state index in [1.165, 1.54) is 28.3 Å². The molecule has 0 saturated carbocycles. The fourth-order valence-electron chi connectivity index (χ4n) is 13.0. The van der Waals surface area contributed by atoms with Crippen LogP contribution in [0.25, 0.3) is 37.9 Å². The minimum atomic E-state index is -0.939. The summed E-state index contributed by atoms with van der Waals surface area (Å²) in [6.45, 7) is 24.0. The van der Waals surface area contributed by atoms with Gasteiger partial charge in [0.1, 0.15) is 80.1 Å². The molecule has 3 saturated heterocycles. The first kappa shape index (κ1) is 80.9.